The molecule has 3 heteroatoms. The maximum absolute atomic E-state index is 5.61. The van der Waals surface area contributed by atoms with E-state index >= 15 is 0 Å². The topological polar surface area (TPSA) is 35.0 Å². The van der Waals surface area contributed by atoms with Crippen molar-refractivity contribution in [1.29, 1.82) is 0 Å². The number of pyridine rings is 2. The molecule has 206 valence electrons. The molecule has 0 atom stereocenters. The molecule has 0 aliphatic carbocycles. The van der Waals surface area contributed by atoms with Gasteiger partial charge >= 0.3 is 0 Å². The molecule has 0 aliphatic rings. The normalized spacial score (nSPS) is 12.0. The lowest BCUT2D eigenvalue weighted by atomic mass is 9.87. The maximum Gasteiger partial charge on any atom is 0.119 e. The van der Waals surface area contributed by atoms with Gasteiger partial charge in [0.25, 0.3) is 0 Å². The molecule has 2 heterocycles. The minimum Gasteiger partial charge on any atom is -0.497 e. The largest absolute Gasteiger partial charge is 0.497 e. The van der Waals surface area contributed by atoms with Gasteiger partial charge in [0.15, 0.2) is 0 Å². The van der Waals surface area contributed by atoms with Gasteiger partial charge in [0.2, 0.25) is 0 Å². The van der Waals surface area contributed by atoms with Gasteiger partial charge in [-0.2, -0.15) is 0 Å². The number of fused-ring (bicyclic) bond motifs is 3. The molecule has 6 rings (SSSR count). The Bertz CT molecular complexity index is 1920. The summed E-state index contributed by atoms with van der Waals surface area (Å²) in [4.78, 5) is 9.84. The van der Waals surface area contributed by atoms with Gasteiger partial charge in [-0.05, 0) is 92.1 Å². The third-order valence-electron chi connectivity index (χ3n) is 8.33. The minimum atomic E-state index is 0.304. The monoisotopic (exact) mass is 538 g/mol. The van der Waals surface area contributed by atoms with Crippen molar-refractivity contribution < 1.29 is 4.74 Å². The fourth-order valence-electron chi connectivity index (χ4n) is 6.35. The van der Waals surface area contributed by atoms with Crippen LogP contribution in [-0.4, -0.2) is 17.1 Å². The SMILES string of the molecule is COc1cc(C(C)C)c2cc(-c3ccc4ccc(-c5ccc6ccncc6c5C(C)C)nc4c3C(C)C)ccc2c1. The molecule has 0 N–H and O–H groups in total. The number of hydrogen-bond acceptors (Lipinski definition) is 3. The van der Waals surface area contributed by atoms with Crippen molar-refractivity contribution in [2.75, 3.05) is 7.11 Å². The Kier molecular flexibility index (Phi) is 6.99. The van der Waals surface area contributed by atoms with E-state index in [1.807, 2.05) is 12.4 Å². The van der Waals surface area contributed by atoms with Crippen LogP contribution in [0.2, 0.25) is 0 Å². The highest BCUT2D eigenvalue weighted by Gasteiger charge is 2.19. The van der Waals surface area contributed by atoms with Crippen molar-refractivity contribution in [3.05, 3.63) is 102 Å². The fourth-order valence-corrected chi connectivity index (χ4v) is 6.35. The van der Waals surface area contributed by atoms with E-state index in [2.05, 4.69) is 119 Å². The van der Waals surface area contributed by atoms with Gasteiger partial charge in [0.1, 0.15) is 5.75 Å². The van der Waals surface area contributed by atoms with Gasteiger partial charge in [0.05, 0.1) is 18.3 Å². The molecule has 0 unspecified atom stereocenters. The number of rotatable bonds is 6. The Labute approximate surface area is 243 Å². The van der Waals surface area contributed by atoms with Crippen LogP contribution in [0.1, 0.15) is 76.0 Å². The molecule has 0 amide bonds. The minimum absolute atomic E-state index is 0.304. The summed E-state index contributed by atoms with van der Waals surface area (Å²) in [6.45, 7) is 13.6. The van der Waals surface area contributed by atoms with Crippen LogP contribution in [0.3, 0.4) is 0 Å². The summed E-state index contributed by atoms with van der Waals surface area (Å²) in [6.07, 6.45) is 3.86. The van der Waals surface area contributed by atoms with E-state index in [0.29, 0.717) is 17.8 Å². The highest BCUT2D eigenvalue weighted by atomic mass is 16.5. The van der Waals surface area contributed by atoms with Gasteiger partial charge in [-0.25, -0.2) is 4.98 Å². The van der Waals surface area contributed by atoms with Crippen LogP contribution < -0.4 is 4.74 Å². The molecule has 0 fully saturated rings. The van der Waals surface area contributed by atoms with Crippen LogP contribution in [0.25, 0.3) is 54.8 Å². The molecule has 41 heavy (non-hydrogen) atoms. The molecular formula is C38H38N2O. The first-order valence-electron chi connectivity index (χ1n) is 14.7. The Hall–Kier alpha value is -4.24. The van der Waals surface area contributed by atoms with Gasteiger partial charge in [0, 0.05) is 28.7 Å². The molecule has 3 nitrogen and oxygen atoms in total. The Morgan fingerprint density at radius 3 is 2.05 bits per heavy atom. The van der Waals surface area contributed by atoms with Crippen molar-refractivity contribution >= 4 is 32.4 Å². The van der Waals surface area contributed by atoms with E-state index in [0.717, 1.165) is 17.0 Å². The van der Waals surface area contributed by atoms with E-state index in [9.17, 15) is 0 Å². The van der Waals surface area contributed by atoms with Crippen LogP contribution in [0.5, 0.6) is 5.75 Å². The molecule has 0 saturated heterocycles. The van der Waals surface area contributed by atoms with Gasteiger partial charge < -0.3 is 4.74 Å². The third kappa shape index (κ3) is 4.74. The molecule has 2 aromatic heterocycles. The molecule has 0 saturated carbocycles. The van der Waals surface area contributed by atoms with E-state index in [4.69, 9.17) is 9.72 Å². The first-order valence-corrected chi connectivity index (χ1v) is 14.7. The zero-order chi connectivity index (χ0) is 28.8. The molecule has 0 bridgehead atoms. The van der Waals surface area contributed by atoms with E-state index in [1.54, 1.807) is 7.11 Å². The number of methoxy groups -OCH3 is 1. The van der Waals surface area contributed by atoms with Crippen LogP contribution >= 0.6 is 0 Å². The Morgan fingerprint density at radius 2 is 1.32 bits per heavy atom. The Morgan fingerprint density at radius 1 is 0.610 bits per heavy atom. The summed E-state index contributed by atoms with van der Waals surface area (Å²) in [5, 5.41) is 6.07. The van der Waals surface area contributed by atoms with Crippen LogP contribution in [0, 0.1) is 0 Å². The van der Waals surface area contributed by atoms with Crippen molar-refractivity contribution in [1.82, 2.24) is 9.97 Å². The second-order valence-corrected chi connectivity index (χ2v) is 12.0. The predicted molar refractivity (Wildman–Crippen MR) is 174 cm³/mol. The third-order valence-corrected chi connectivity index (χ3v) is 8.33. The summed E-state index contributed by atoms with van der Waals surface area (Å²) in [7, 11) is 1.74. The van der Waals surface area contributed by atoms with Crippen molar-refractivity contribution in [2.24, 2.45) is 0 Å². The van der Waals surface area contributed by atoms with Crippen molar-refractivity contribution in [3.63, 3.8) is 0 Å². The summed E-state index contributed by atoms with van der Waals surface area (Å²) in [5.41, 5.74) is 9.64. The fraction of sp³-hybridized carbons (Fsp3) is 0.263. The first-order chi connectivity index (χ1) is 19.8. The first kappa shape index (κ1) is 27.0. The lowest BCUT2D eigenvalue weighted by Crippen LogP contribution is -2.00. The van der Waals surface area contributed by atoms with E-state index < -0.39 is 0 Å². The number of benzene rings is 4. The van der Waals surface area contributed by atoms with Crippen LogP contribution in [0.4, 0.5) is 0 Å². The van der Waals surface area contributed by atoms with Gasteiger partial charge in [-0.3, -0.25) is 4.98 Å². The van der Waals surface area contributed by atoms with E-state index in [-0.39, 0.29) is 0 Å². The summed E-state index contributed by atoms with van der Waals surface area (Å²) in [5.74, 6) is 1.95. The number of aromatic nitrogens is 2. The zero-order valence-electron chi connectivity index (χ0n) is 25.1. The quantitative estimate of drug-likeness (QED) is 0.211. The average Bonchev–Trinajstić information content (AvgIpc) is 2.98. The smallest absolute Gasteiger partial charge is 0.119 e. The summed E-state index contributed by atoms with van der Waals surface area (Å²) < 4.78 is 5.61. The lowest BCUT2D eigenvalue weighted by molar-refractivity contribution is 0.414. The van der Waals surface area contributed by atoms with Crippen molar-refractivity contribution in [2.45, 2.75) is 59.3 Å². The van der Waals surface area contributed by atoms with Gasteiger partial charge in [-0.1, -0.05) is 84.0 Å². The van der Waals surface area contributed by atoms with Crippen molar-refractivity contribution in [3.8, 4) is 28.1 Å². The predicted octanol–water partition coefficient (Wildman–Crippen LogP) is 10.6. The number of nitrogens with zero attached hydrogens (tertiary/aromatic N) is 2. The highest BCUT2D eigenvalue weighted by molar-refractivity contribution is 5.97. The second-order valence-electron chi connectivity index (χ2n) is 12.0. The molecule has 0 spiro atoms. The zero-order valence-corrected chi connectivity index (χ0v) is 25.1. The maximum atomic E-state index is 5.61. The molecular weight excluding hydrogens is 500 g/mol. The van der Waals surface area contributed by atoms with Gasteiger partial charge in [-0.15, -0.1) is 0 Å². The summed E-state index contributed by atoms with van der Waals surface area (Å²) >= 11 is 0. The number of hydrogen-bond donors (Lipinski definition) is 0. The highest BCUT2D eigenvalue weighted by Crippen LogP contribution is 2.40. The molecule has 0 aliphatic heterocycles. The second kappa shape index (κ2) is 10.6. The number of ether oxygens (including phenoxy) is 1. The Balaban J connectivity index is 1.58. The average molecular weight is 539 g/mol. The summed E-state index contributed by atoms with van der Waals surface area (Å²) in [6, 6.07) is 26.6. The molecule has 4 aromatic carbocycles. The van der Waals surface area contributed by atoms with Crippen LogP contribution in [0.15, 0.2) is 85.2 Å². The molecule has 0 radical (unpaired) electrons. The van der Waals surface area contributed by atoms with Crippen LogP contribution in [-0.2, 0) is 0 Å². The van der Waals surface area contributed by atoms with E-state index in [1.165, 1.54) is 60.3 Å². The lowest BCUT2D eigenvalue weighted by Gasteiger charge is -2.20. The standard InChI is InChI=1S/C38H38N2O/c1-22(2)32-20-29(41-7)18-27-8-9-28(19-33(27)32)30-13-11-26-12-15-35(40-38(26)37(30)24(5)6)31-14-10-25-16-17-39-21-34(25)36(31)23(3)4/h8-24H,1-7H3. The molecule has 6 aromatic rings.